The number of hydrogen-bond acceptors (Lipinski definition) is 7. The third-order valence-corrected chi connectivity index (χ3v) is 7.32. The Bertz CT molecular complexity index is 1460. The highest BCUT2D eigenvalue weighted by atomic mass is 16.7. The number of amides is 2. The summed E-state index contributed by atoms with van der Waals surface area (Å²) >= 11 is 0. The van der Waals surface area contributed by atoms with Gasteiger partial charge in [0.25, 0.3) is 0 Å². The molecule has 10 heteroatoms. The first-order valence-electron chi connectivity index (χ1n) is 12.8. The van der Waals surface area contributed by atoms with Gasteiger partial charge in [0.1, 0.15) is 17.6 Å². The second-order valence-corrected chi connectivity index (χ2v) is 9.69. The number of rotatable bonds is 7. The van der Waals surface area contributed by atoms with Crippen molar-refractivity contribution in [1.29, 1.82) is 0 Å². The lowest BCUT2D eigenvalue weighted by atomic mass is 9.78. The number of benzene rings is 2. The number of para-hydroxylation sites is 1. The summed E-state index contributed by atoms with van der Waals surface area (Å²) in [7, 11) is 0. The molecule has 1 aliphatic carbocycles. The zero-order chi connectivity index (χ0) is 26.0. The van der Waals surface area contributed by atoms with Crippen molar-refractivity contribution in [3.8, 4) is 11.5 Å². The van der Waals surface area contributed by atoms with Crippen LogP contribution in [0.3, 0.4) is 0 Å². The van der Waals surface area contributed by atoms with Crippen molar-refractivity contribution in [2.45, 2.75) is 50.7 Å². The van der Waals surface area contributed by atoms with Gasteiger partial charge in [-0.15, -0.1) is 5.10 Å². The minimum atomic E-state index is -1.03. The number of pyridine rings is 1. The summed E-state index contributed by atoms with van der Waals surface area (Å²) in [6, 6.07) is 16.6. The van der Waals surface area contributed by atoms with Gasteiger partial charge in [0.2, 0.25) is 18.6 Å². The van der Waals surface area contributed by atoms with E-state index in [1.165, 1.54) is 0 Å². The Morgan fingerprint density at radius 3 is 2.68 bits per heavy atom. The van der Waals surface area contributed by atoms with E-state index in [0.717, 1.165) is 30.3 Å². The highest BCUT2D eigenvalue weighted by molar-refractivity contribution is 6.01. The largest absolute Gasteiger partial charge is 0.454 e. The van der Waals surface area contributed by atoms with E-state index in [1.807, 2.05) is 36.4 Å². The van der Waals surface area contributed by atoms with E-state index in [9.17, 15) is 9.59 Å². The van der Waals surface area contributed by atoms with Crippen molar-refractivity contribution in [2.75, 3.05) is 12.1 Å². The number of aromatic nitrogens is 4. The molecule has 3 heterocycles. The standard InChI is InChI=1S/C28H28N6O4/c35-26(18-34-23-9-3-2-8-22(23)31-32-34)33(17-20-7-6-14-29-16-20)28(12-4-1-5-13-28)27(36)30-21-10-11-24-25(15-21)38-19-37-24/h2-3,6-11,14-16H,1,4-5,12-13,17-19H2,(H,30,36). The smallest absolute Gasteiger partial charge is 0.250 e. The highest BCUT2D eigenvalue weighted by Gasteiger charge is 2.47. The molecule has 0 spiro atoms. The molecule has 10 nitrogen and oxygen atoms in total. The Balaban J connectivity index is 1.35. The van der Waals surface area contributed by atoms with E-state index >= 15 is 0 Å². The van der Waals surface area contributed by atoms with Crippen LogP contribution in [-0.4, -0.2) is 49.0 Å². The summed E-state index contributed by atoms with van der Waals surface area (Å²) in [6.45, 7) is 0.384. The van der Waals surface area contributed by atoms with Gasteiger partial charge in [-0.1, -0.05) is 42.7 Å². The molecule has 194 valence electrons. The SMILES string of the molecule is O=C(Cn1nnc2ccccc21)N(Cc1cccnc1)C1(C(=O)Nc2ccc3c(c2)OCO3)CCCCC1. The molecule has 2 aromatic carbocycles. The van der Waals surface area contributed by atoms with Gasteiger partial charge in [-0.25, -0.2) is 4.68 Å². The second kappa shape index (κ2) is 10.1. The van der Waals surface area contributed by atoms with E-state index < -0.39 is 5.54 Å². The first kappa shape index (κ1) is 23.9. The first-order valence-corrected chi connectivity index (χ1v) is 12.8. The molecule has 2 aromatic heterocycles. The van der Waals surface area contributed by atoms with Gasteiger partial charge in [0, 0.05) is 30.7 Å². The van der Waals surface area contributed by atoms with Crippen LogP contribution in [0.2, 0.25) is 0 Å². The monoisotopic (exact) mass is 512 g/mol. The fraction of sp³-hybridized carbons (Fsp3) is 0.321. The minimum absolute atomic E-state index is 0.0279. The molecule has 6 rings (SSSR count). The zero-order valence-corrected chi connectivity index (χ0v) is 20.9. The number of nitrogens with zero attached hydrogens (tertiary/aromatic N) is 5. The summed E-state index contributed by atoms with van der Waals surface area (Å²) in [5.74, 6) is 0.815. The molecule has 1 fully saturated rings. The van der Waals surface area contributed by atoms with Crippen molar-refractivity contribution in [3.05, 3.63) is 72.6 Å². The topological polar surface area (TPSA) is 111 Å². The molecule has 0 saturated heterocycles. The Morgan fingerprint density at radius 2 is 1.84 bits per heavy atom. The molecule has 0 atom stereocenters. The molecule has 1 aliphatic heterocycles. The molecule has 2 amide bonds. The number of hydrogen-bond donors (Lipinski definition) is 1. The number of carbonyl (C=O) groups excluding carboxylic acids is 2. The number of anilines is 1. The van der Waals surface area contributed by atoms with E-state index in [0.29, 0.717) is 35.5 Å². The maximum atomic E-state index is 14.1. The normalized spacial score (nSPS) is 15.8. The predicted octanol–water partition coefficient (Wildman–Crippen LogP) is 3.93. The highest BCUT2D eigenvalue weighted by Crippen LogP contribution is 2.38. The Kier molecular flexibility index (Phi) is 6.36. The average molecular weight is 513 g/mol. The van der Waals surface area contributed by atoms with Gasteiger partial charge >= 0.3 is 0 Å². The van der Waals surface area contributed by atoms with Gasteiger partial charge in [-0.05, 0) is 48.7 Å². The van der Waals surface area contributed by atoms with Gasteiger partial charge in [0.15, 0.2) is 11.5 Å². The number of nitrogens with one attached hydrogen (secondary N) is 1. The molecule has 0 bridgehead atoms. The van der Waals surface area contributed by atoms with E-state index in [4.69, 9.17) is 9.47 Å². The summed E-state index contributed by atoms with van der Waals surface area (Å²) in [5.41, 5.74) is 1.90. The first-order chi connectivity index (χ1) is 18.6. The van der Waals surface area contributed by atoms with Crippen LogP contribution in [0.4, 0.5) is 5.69 Å². The van der Waals surface area contributed by atoms with Crippen molar-refractivity contribution in [3.63, 3.8) is 0 Å². The third kappa shape index (κ3) is 4.53. The predicted molar refractivity (Wildman–Crippen MR) is 139 cm³/mol. The molecule has 0 unspecified atom stereocenters. The maximum absolute atomic E-state index is 14.1. The van der Waals surface area contributed by atoms with E-state index in [1.54, 1.807) is 40.2 Å². The van der Waals surface area contributed by atoms with Crippen molar-refractivity contribution in [1.82, 2.24) is 24.9 Å². The minimum Gasteiger partial charge on any atom is -0.454 e. The van der Waals surface area contributed by atoms with Crippen LogP contribution in [0.5, 0.6) is 11.5 Å². The van der Waals surface area contributed by atoms with Crippen molar-refractivity contribution >= 4 is 28.5 Å². The summed E-state index contributed by atoms with van der Waals surface area (Å²) in [4.78, 5) is 34.1. The molecule has 0 radical (unpaired) electrons. The van der Waals surface area contributed by atoms with Gasteiger partial charge < -0.3 is 19.7 Å². The molecule has 2 aliphatic rings. The Labute approximate surface area is 219 Å². The molecule has 4 aromatic rings. The van der Waals surface area contributed by atoms with E-state index in [-0.39, 0.29) is 31.7 Å². The van der Waals surface area contributed by atoms with Crippen molar-refractivity contribution < 1.29 is 19.1 Å². The van der Waals surface area contributed by atoms with Crippen LogP contribution in [0.1, 0.15) is 37.7 Å². The Morgan fingerprint density at radius 1 is 1.00 bits per heavy atom. The number of carbonyl (C=O) groups is 2. The summed E-state index contributed by atoms with van der Waals surface area (Å²) in [5, 5.41) is 11.5. The van der Waals surface area contributed by atoms with Gasteiger partial charge in [-0.2, -0.15) is 0 Å². The lowest BCUT2D eigenvalue weighted by Gasteiger charge is -2.45. The summed E-state index contributed by atoms with van der Waals surface area (Å²) in [6.07, 6.45) is 7.26. The molecule has 38 heavy (non-hydrogen) atoms. The van der Waals surface area contributed by atoms with Gasteiger partial charge in [0.05, 0.1) is 5.52 Å². The number of ether oxygens (including phenoxy) is 2. The molecular weight excluding hydrogens is 484 g/mol. The van der Waals surface area contributed by atoms with Gasteiger partial charge in [-0.3, -0.25) is 14.6 Å². The second-order valence-electron chi connectivity index (χ2n) is 9.69. The molecular formula is C28H28N6O4. The van der Waals surface area contributed by atoms with Crippen LogP contribution in [-0.2, 0) is 22.7 Å². The average Bonchev–Trinajstić information content (AvgIpc) is 3.59. The fourth-order valence-corrected chi connectivity index (χ4v) is 5.38. The maximum Gasteiger partial charge on any atom is 0.250 e. The third-order valence-electron chi connectivity index (χ3n) is 7.32. The Hall–Kier alpha value is -4.47. The van der Waals surface area contributed by atoms with Crippen LogP contribution in [0.15, 0.2) is 67.0 Å². The molecule has 1 saturated carbocycles. The summed E-state index contributed by atoms with van der Waals surface area (Å²) < 4.78 is 12.5. The van der Waals surface area contributed by atoms with Crippen LogP contribution in [0.25, 0.3) is 11.0 Å². The fourth-order valence-electron chi connectivity index (χ4n) is 5.38. The number of fused-ring (bicyclic) bond motifs is 2. The van der Waals surface area contributed by atoms with Crippen LogP contribution < -0.4 is 14.8 Å². The lowest BCUT2D eigenvalue weighted by Crippen LogP contribution is -2.60. The molecule has 1 N–H and O–H groups in total. The van der Waals surface area contributed by atoms with Crippen LogP contribution in [0, 0.1) is 0 Å². The lowest BCUT2D eigenvalue weighted by molar-refractivity contribution is -0.149. The van der Waals surface area contributed by atoms with Crippen molar-refractivity contribution in [2.24, 2.45) is 0 Å². The quantitative estimate of drug-likeness (QED) is 0.399. The zero-order valence-electron chi connectivity index (χ0n) is 20.9. The van der Waals surface area contributed by atoms with E-state index in [2.05, 4.69) is 20.6 Å². The van der Waals surface area contributed by atoms with Crippen LogP contribution >= 0.6 is 0 Å².